The van der Waals surface area contributed by atoms with Gasteiger partial charge in [-0.05, 0) is 106 Å². The Balaban J connectivity index is 5.11. The molecule has 0 aromatic heterocycles. The van der Waals surface area contributed by atoms with Gasteiger partial charge in [0.2, 0.25) is 16.6 Å². The topological polar surface area (TPSA) is 71.1 Å². The molecule has 0 fully saturated rings. The normalized spacial score (nSPS) is 14.1. The van der Waals surface area contributed by atoms with E-state index in [9.17, 15) is 9.59 Å². The van der Waals surface area contributed by atoms with Crippen LogP contribution in [0.15, 0.2) is 23.9 Å². The van der Waals surface area contributed by atoms with Gasteiger partial charge in [-0.15, -0.1) is 0 Å². The molecule has 192 valence electrons. The van der Waals surface area contributed by atoms with Crippen LogP contribution in [0.4, 0.5) is 0 Å². The van der Waals surface area contributed by atoms with Crippen LogP contribution < -0.4 is 0 Å². The summed E-state index contributed by atoms with van der Waals surface area (Å²) in [5.41, 5.74) is -0.957. The molecule has 0 unspecified atom stereocenters. The molecule has 8 heteroatoms. The van der Waals surface area contributed by atoms with Crippen LogP contribution in [-0.2, 0) is 27.9 Å². The molecule has 0 amide bonds. The largest absolute Gasteiger partial charge is 0.544 e. The van der Waals surface area contributed by atoms with Crippen molar-refractivity contribution in [2.24, 2.45) is 0 Å². The average molecular weight is 501 g/mol. The fourth-order valence-electron chi connectivity index (χ4n) is 2.62. The summed E-state index contributed by atoms with van der Waals surface area (Å²) in [7, 11) is -3.72. The smallest absolute Gasteiger partial charge is 0.313 e. The van der Waals surface area contributed by atoms with Crippen molar-refractivity contribution < 1.29 is 27.9 Å². The number of ether oxygens (including phenoxy) is 2. The first kappa shape index (κ1) is 31.5. The Labute approximate surface area is 204 Å². The lowest BCUT2D eigenvalue weighted by Gasteiger charge is -2.29. The number of ketones is 1. The summed E-state index contributed by atoms with van der Waals surface area (Å²) in [5.74, 6) is 0.679. The van der Waals surface area contributed by atoms with Gasteiger partial charge >= 0.3 is 5.97 Å². The van der Waals surface area contributed by atoms with E-state index in [1.165, 1.54) is 0 Å². The number of carbonyl (C=O) groups is 2. The Morgan fingerprint density at radius 2 is 1.27 bits per heavy atom. The van der Waals surface area contributed by atoms with Crippen LogP contribution in [0.2, 0.25) is 39.3 Å². The Kier molecular flexibility index (Phi) is 12.2. The van der Waals surface area contributed by atoms with Gasteiger partial charge in [-0.2, -0.15) is 0 Å². The van der Waals surface area contributed by atoms with Crippen LogP contribution >= 0.6 is 0 Å². The van der Waals surface area contributed by atoms with Gasteiger partial charge in [0.1, 0.15) is 29.2 Å². The maximum atomic E-state index is 12.1. The summed E-state index contributed by atoms with van der Waals surface area (Å²) < 4.78 is 23.7. The lowest BCUT2D eigenvalue weighted by molar-refractivity contribution is -0.156. The third-order valence-corrected chi connectivity index (χ3v) is 5.18. The maximum absolute atomic E-state index is 12.1. The van der Waals surface area contributed by atoms with E-state index in [2.05, 4.69) is 39.3 Å². The first-order chi connectivity index (χ1) is 14.7. The standard InChI is InChI=1S/C25H48O6Si2/c1-24(2,3)28-22(27)18-20(26)16-14-13-15-17-21(30-32(7,8)9)19-23(29-25(4,5)6)31-33(10,11)12/h17,19H,13-16,18H2,1-12H3/b21-17+,23-19-. The Morgan fingerprint density at radius 1 is 0.758 bits per heavy atom. The highest BCUT2D eigenvalue weighted by Gasteiger charge is 2.24. The van der Waals surface area contributed by atoms with E-state index >= 15 is 0 Å². The summed E-state index contributed by atoms with van der Waals surface area (Å²) in [6.45, 7) is 24.1. The van der Waals surface area contributed by atoms with Crippen molar-refractivity contribution in [3.8, 4) is 0 Å². The van der Waals surface area contributed by atoms with E-state index in [0.717, 1.165) is 18.6 Å². The van der Waals surface area contributed by atoms with Crippen LogP contribution in [0.3, 0.4) is 0 Å². The van der Waals surface area contributed by atoms with Crippen molar-refractivity contribution in [3.05, 3.63) is 23.9 Å². The Hall–Kier alpha value is -1.55. The first-order valence-corrected chi connectivity index (χ1v) is 18.7. The third kappa shape index (κ3) is 20.8. The van der Waals surface area contributed by atoms with E-state index < -0.39 is 28.2 Å². The van der Waals surface area contributed by atoms with Gasteiger partial charge in [-0.1, -0.05) is 0 Å². The molecule has 6 nitrogen and oxygen atoms in total. The van der Waals surface area contributed by atoms with Crippen molar-refractivity contribution >= 4 is 28.4 Å². The Bertz CT molecular complexity index is 680. The van der Waals surface area contributed by atoms with Crippen molar-refractivity contribution in [3.63, 3.8) is 0 Å². The molecule has 0 saturated heterocycles. The highest BCUT2D eigenvalue weighted by atomic mass is 28.4. The molecule has 0 aliphatic carbocycles. The van der Waals surface area contributed by atoms with Gasteiger partial charge in [0.05, 0.1) is 6.08 Å². The summed E-state index contributed by atoms with van der Waals surface area (Å²) >= 11 is 0. The van der Waals surface area contributed by atoms with E-state index in [4.69, 9.17) is 18.3 Å². The molecule has 0 atom stereocenters. The molecular formula is C25H48O6Si2. The van der Waals surface area contributed by atoms with Crippen LogP contribution in [0, 0.1) is 0 Å². The monoisotopic (exact) mass is 500 g/mol. The Morgan fingerprint density at radius 3 is 1.73 bits per heavy atom. The zero-order valence-electron chi connectivity index (χ0n) is 23.1. The summed E-state index contributed by atoms with van der Waals surface area (Å²) in [5, 5.41) is 0. The van der Waals surface area contributed by atoms with E-state index in [-0.39, 0.29) is 17.8 Å². The first-order valence-electron chi connectivity index (χ1n) is 11.9. The summed E-state index contributed by atoms with van der Waals surface area (Å²) in [6, 6.07) is 0. The number of esters is 1. The molecule has 33 heavy (non-hydrogen) atoms. The maximum Gasteiger partial charge on any atom is 0.313 e. The molecule has 0 aromatic rings. The lowest BCUT2D eigenvalue weighted by Crippen LogP contribution is -2.30. The van der Waals surface area contributed by atoms with Crippen LogP contribution in [0.5, 0.6) is 0 Å². The lowest BCUT2D eigenvalue weighted by atomic mass is 10.1. The minimum Gasteiger partial charge on any atom is -0.544 e. The number of Topliss-reactive ketones (excluding diaryl/α,β-unsaturated/α-hetero) is 1. The second-order valence-electron chi connectivity index (χ2n) is 12.3. The molecule has 0 aliphatic heterocycles. The van der Waals surface area contributed by atoms with Gasteiger partial charge in [0.25, 0.3) is 5.95 Å². The van der Waals surface area contributed by atoms with Crippen molar-refractivity contribution in [1.82, 2.24) is 0 Å². The van der Waals surface area contributed by atoms with Gasteiger partial charge in [0, 0.05) is 6.42 Å². The number of rotatable bonds is 13. The quantitative estimate of drug-likeness (QED) is 0.0671. The minimum atomic E-state index is -1.87. The number of unbranched alkanes of at least 4 members (excludes halogenated alkanes) is 2. The van der Waals surface area contributed by atoms with Crippen molar-refractivity contribution in [1.29, 1.82) is 0 Å². The zero-order valence-corrected chi connectivity index (χ0v) is 25.1. The molecule has 0 spiro atoms. The highest BCUT2D eigenvalue weighted by Crippen LogP contribution is 2.23. The molecule has 0 radical (unpaired) electrons. The number of carbonyl (C=O) groups excluding carboxylic acids is 2. The fourth-order valence-corrected chi connectivity index (χ4v) is 4.17. The molecule has 0 N–H and O–H groups in total. The number of hydrogen-bond acceptors (Lipinski definition) is 6. The summed E-state index contributed by atoms with van der Waals surface area (Å²) in [4.78, 5) is 23.8. The van der Waals surface area contributed by atoms with Gasteiger partial charge < -0.3 is 18.3 Å². The van der Waals surface area contributed by atoms with Gasteiger partial charge in [-0.25, -0.2) is 0 Å². The fraction of sp³-hybridized carbons (Fsp3) is 0.760. The van der Waals surface area contributed by atoms with E-state index in [1.54, 1.807) is 20.8 Å². The molecule has 0 saturated carbocycles. The van der Waals surface area contributed by atoms with Crippen molar-refractivity contribution in [2.75, 3.05) is 0 Å². The van der Waals surface area contributed by atoms with Crippen LogP contribution in [0.1, 0.15) is 73.6 Å². The SMILES string of the molecule is CC(C)(C)OC(=O)CC(=O)CCCC/C=C(\C=C(\OC(C)(C)C)O[Si](C)(C)C)O[Si](C)(C)C. The van der Waals surface area contributed by atoms with Gasteiger partial charge in [0.15, 0.2) is 0 Å². The predicted molar refractivity (Wildman–Crippen MR) is 140 cm³/mol. The third-order valence-electron chi connectivity index (χ3n) is 3.51. The van der Waals surface area contributed by atoms with E-state index in [0.29, 0.717) is 18.8 Å². The van der Waals surface area contributed by atoms with Gasteiger partial charge in [-0.3, -0.25) is 9.59 Å². The van der Waals surface area contributed by atoms with Crippen LogP contribution in [0.25, 0.3) is 0 Å². The summed E-state index contributed by atoms with van der Waals surface area (Å²) in [6.07, 6.45) is 6.37. The second kappa shape index (κ2) is 12.8. The number of allylic oxidation sites excluding steroid dienone is 2. The molecular weight excluding hydrogens is 452 g/mol. The molecule has 0 heterocycles. The number of hydrogen-bond donors (Lipinski definition) is 0. The highest BCUT2D eigenvalue weighted by molar-refractivity contribution is 6.70. The van der Waals surface area contributed by atoms with Crippen molar-refractivity contribution in [2.45, 2.75) is 124 Å². The molecule has 0 bridgehead atoms. The minimum absolute atomic E-state index is 0.0869. The zero-order chi connectivity index (χ0) is 26.1. The average Bonchev–Trinajstić information content (AvgIpc) is 2.47. The molecule has 0 aliphatic rings. The van der Waals surface area contributed by atoms with E-state index in [1.807, 2.05) is 32.9 Å². The predicted octanol–water partition coefficient (Wildman–Crippen LogP) is 7.09. The second-order valence-corrected chi connectivity index (χ2v) is 21.1. The van der Waals surface area contributed by atoms with Crippen LogP contribution in [-0.4, -0.2) is 39.6 Å². The molecule has 0 rings (SSSR count). The molecule has 0 aromatic carbocycles.